The molecule has 4 aromatic rings. The number of hydrogen-bond acceptors (Lipinski definition) is 4. The highest BCUT2D eigenvalue weighted by Crippen LogP contribution is 2.22. The molecule has 0 aliphatic heterocycles. The number of carbonyl (C=O) groups is 1. The maximum Gasteiger partial charge on any atom is 0.123 e. The van der Waals surface area contributed by atoms with Crippen LogP contribution in [0.5, 0.6) is 5.75 Å². The van der Waals surface area contributed by atoms with Gasteiger partial charge < -0.3 is 25.3 Å². The molecule has 0 aliphatic rings. The maximum absolute atomic E-state index is 9.33. The molecule has 0 aliphatic carbocycles. The Morgan fingerprint density at radius 2 is 1.32 bits per heavy atom. The normalized spacial score (nSPS) is 10.5. The number of phenolic OH excluding ortho intramolecular Hbond substituents is 1. The van der Waals surface area contributed by atoms with E-state index in [0.717, 1.165) is 19.1 Å². The van der Waals surface area contributed by atoms with Gasteiger partial charge in [0.15, 0.2) is 0 Å². The van der Waals surface area contributed by atoms with Crippen molar-refractivity contribution in [3.63, 3.8) is 0 Å². The summed E-state index contributed by atoms with van der Waals surface area (Å²) >= 11 is 0. The molecule has 0 spiro atoms. The number of rotatable bonds is 8. The predicted molar refractivity (Wildman–Crippen MR) is 173 cm³/mol. The van der Waals surface area contributed by atoms with E-state index in [4.69, 9.17) is 10.2 Å². The number of aromatic amines is 1. The molecule has 4 rings (SSSR count). The Bertz CT molecular complexity index is 1210. The first kappa shape index (κ1) is 35.1. The number of benzene rings is 3. The molecule has 220 valence electrons. The van der Waals surface area contributed by atoms with Gasteiger partial charge in [-0.05, 0) is 101 Å². The Balaban J connectivity index is 0.000000401. The molecule has 4 N–H and O–H groups in total. The van der Waals surface area contributed by atoms with Gasteiger partial charge in [-0.2, -0.15) is 0 Å². The molecule has 0 atom stereocenters. The van der Waals surface area contributed by atoms with Crippen LogP contribution in [0.2, 0.25) is 0 Å². The van der Waals surface area contributed by atoms with Gasteiger partial charge in [0.05, 0.1) is 5.60 Å². The zero-order valence-electron chi connectivity index (χ0n) is 25.5. The van der Waals surface area contributed by atoms with Crippen molar-refractivity contribution in [1.82, 2.24) is 10.3 Å². The van der Waals surface area contributed by atoms with E-state index < -0.39 is 5.60 Å². The number of aliphatic hydroxyl groups is 1. The highest BCUT2D eigenvalue weighted by atomic mass is 16.3. The number of aldehydes is 1. The van der Waals surface area contributed by atoms with E-state index >= 15 is 0 Å². The number of phenols is 1. The lowest BCUT2D eigenvalue weighted by atomic mass is 9.93. The van der Waals surface area contributed by atoms with Gasteiger partial charge in [0.2, 0.25) is 0 Å². The van der Waals surface area contributed by atoms with Crippen LogP contribution >= 0.6 is 0 Å². The fraction of sp³-hybridized carbons (Fsp3) is 0.306. The molecule has 0 unspecified atom stereocenters. The van der Waals surface area contributed by atoms with Gasteiger partial charge >= 0.3 is 0 Å². The van der Waals surface area contributed by atoms with Crippen LogP contribution in [-0.4, -0.2) is 39.7 Å². The zero-order valence-corrected chi connectivity index (χ0v) is 25.5. The van der Waals surface area contributed by atoms with E-state index in [9.17, 15) is 4.79 Å². The first-order valence-electron chi connectivity index (χ1n) is 13.9. The monoisotopic (exact) mass is 556 g/mol. The van der Waals surface area contributed by atoms with Gasteiger partial charge in [-0.1, -0.05) is 72.8 Å². The predicted octanol–water partition coefficient (Wildman–Crippen LogP) is 7.74. The summed E-state index contributed by atoms with van der Waals surface area (Å²) in [6, 6.07) is 28.6. The first-order chi connectivity index (χ1) is 19.4. The van der Waals surface area contributed by atoms with Crippen molar-refractivity contribution in [1.29, 1.82) is 0 Å². The third-order valence-electron chi connectivity index (χ3n) is 5.65. The second-order valence-corrected chi connectivity index (χ2v) is 11.3. The number of aromatic nitrogens is 1. The van der Waals surface area contributed by atoms with Gasteiger partial charge in [0, 0.05) is 24.4 Å². The standard InChI is InChI=1S/C22H26N2.C6H6O.C4H10O.C4H6O/c1-22(2,23-3)15-18-6-10-21(11-7-18)20-8-4-17(5-9-20)14-19-12-13-24-16-19;7-6-4-2-1-3-5-6;1-4(2,3)5;1-2-3-4-5/h4-13,16,23-24H,14-15H2,1-3H3;1-5,7H;5H,1-3H3;2,4H,1,3H2. The zero-order chi connectivity index (χ0) is 30.7. The Morgan fingerprint density at radius 3 is 1.66 bits per heavy atom. The summed E-state index contributed by atoms with van der Waals surface area (Å²) in [5.41, 5.74) is 6.19. The Kier molecular flexibility index (Phi) is 15.8. The maximum atomic E-state index is 9.33. The van der Waals surface area contributed by atoms with Crippen LogP contribution in [0.1, 0.15) is 57.7 Å². The van der Waals surface area contributed by atoms with E-state index in [2.05, 4.69) is 91.5 Å². The van der Waals surface area contributed by atoms with Crippen LogP contribution in [0, 0.1) is 0 Å². The van der Waals surface area contributed by atoms with Crippen molar-refractivity contribution in [2.24, 2.45) is 0 Å². The lowest BCUT2D eigenvalue weighted by Gasteiger charge is -2.24. The number of likely N-dealkylation sites (N-methyl/N-ethyl adjacent to an activating group) is 1. The van der Waals surface area contributed by atoms with Gasteiger partial charge in [-0.15, -0.1) is 6.58 Å². The molecular weight excluding hydrogens is 508 g/mol. The second-order valence-electron chi connectivity index (χ2n) is 11.3. The Hall–Kier alpha value is -3.93. The fourth-order valence-corrected chi connectivity index (χ4v) is 3.43. The fourth-order valence-electron chi connectivity index (χ4n) is 3.43. The molecule has 5 heteroatoms. The number of H-pyrrole nitrogens is 1. The SMILES string of the molecule is C=CCC=O.CC(C)(C)O.CNC(C)(C)Cc1ccc(-c2ccc(Cc3cc[nH]c3)cc2)cc1.Oc1ccccc1. The van der Waals surface area contributed by atoms with E-state index in [0.29, 0.717) is 12.2 Å². The minimum absolute atomic E-state index is 0.126. The molecule has 5 nitrogen and oxygen atoms in total. The third kappa shape index (κ3) is 17.4. The quantitative estimate of drug-likeness (QED) is 0.132. The van der Waals surface area contributed by atoms with E-state index in [1.165, 1.54) is 27.8 Å². The topological polar surface area (TPSA) is 85.4 Å². The molecule has 1 aromatic heterocycles. The minimum atomic E-state index is -0.500. The van der Waals surface area contributed by atoms with E-state index in [1.807, 2.05) is 19.3 Å². The molecular formula is C36H48N2O3. The van der Waals surface area contributed by atoms with Gasteiger partial charge in [-0.3, -0.25) is 0 Å². The highest BCUT2D eigenvalue weighted by molar-refractivity contribution is 5.64. The van der Waals surface area contributed by atoms with Crippen LogP contribution in [0.25, 0.3) is 11.1 Å². The van der Waals surface area contributed by atoms with Crippen LogP contribution in [0.4, 0.5) is 0 Å². The minimum Gasteiger partial charge on any atom is -0.508 e. The van der Waals surface area contributed by atoms with Crippen molar-refractivity contribution in [2.45, 2.75) is 65.0 Å². The molecule has 0 fully saturated rings. The Morgan fingerprint density at radius 1 is 0.805 bits per heavy atom. The summed E-state index contributed by atoms with van der Waals surface area (Å²) in [5.74, 6) is 0.322. The third-order valence-corrected chi connectivity index (χ3v) is 5.65. The number of aromatic hydroxyl groups is 1. The Labute approximate surface area is 247 Å². The largest absolute Gasteiger partial charge is 0.508 e. The molecule has 1 heterocycles. The molecule has 0 bridgehead atoms. The number of carbonyl (C=O) groups excluding carboxylic acids is 1. The second kappa shape index (κ2) is 18.4. The number of hydrogen-bond donors (Lipinski definition) is 4. The van der Waals surface area contributed by atoms with Crippen LogP contribution in [-0.2, 0) is 17.6 Å². The molecule has 41 heavy (non-hydrogen) atoms. The van der Waals surface area contributed by atoms with Crippen molar-refractivity contribution in [3.05, 3.63) is 127 Å². The average Bonchev–Trinajstić information content (AvgIpc) is 3.43. The van der Waals surface area contributed by atoms with Crippen molar-refractivity contribution < 1.29 is 15.0 Å². The lowest BCUT2D eigenvalue weighted by molar-refractivity contribution is -0.107. The average molecular weight is 557 g/mol. The first-order valence-corrected chi connectivity index (χ1v) is 13.9. The number of allylic oxidation sites excluding steroid dienone is 1. The summed E-state index contributed by atoms with van der Waals surface area (Å²) in [6.45, 7) is 13.0. The molecule has 0 amide bonds. The summed E-state index contributed by atoms with van der Waals surface area (Å²) < 4.78 is 0. The van der Waals surface area contributed by atoms with Crippen LogP contribution in [0.15, 0.2) is 110 Å². The van der Waals surface area contributed by atoms with Crippen LogP contribution in [0.3, 0.4) is 0 Å². The van der Waals surface area contributed by atoms with Crippen molar-refractivity contribution in [2.75, 3.05) is 7.05 Å². The van der Waals surface area contributed by atoms with Crippen molar-refractivity contribution >= 4 is 6.29 Å². The molecule has 0 saturated carbocycles. The summed E-state index contributed by atoms with van der Waals surface area (Å²) in [4.78, 5) is 12.4. The molecule has 3 aromatic carbocycles. The smallest absolute Gasteiger partial charge is 0.123 e. The van der Waals surface area contributed by atoms with Gasteiger partial charge in [0.25, 0.3) is 0 Å². The van der Waals surface area contributed by atoms with Crippen LogP contribution < -0.4 is 5.32 Å². The highest BCUT2D eigenvalue weighted by Gasteiger charge is 2.15. The number of para-hydroxylation sites is 1. The van der Waals surface area contributed by atoms with E-state index in [-0.39, 0.29) is 5.54 Å². The van der Waals surface area contributed by atoms with Crippen molar-refractivity contribution in [3.8, 4) is 16.9 Å². The molecule has 0 radical (unpaired) electrons. The number of nitrogens with one attached hydrogen (secondary N) is 2. The van der Waals surface area contributed by atoms with Gasteiger partial charge in [0.1, 0.15) is 12.0 Å². The molecule has 0 saturated heterocycles. The van der Waals surface area contributed by atoms with E-state index in [1.54, 1.807) is 51.1 Å². The summed E-state index contributed by atoms with van der Waals surface area (Å²) in [7, 11) is 2.02. The summed E-state index contributed by atoms with van der Waals surface area (Å²) in [5, 5.41) is 20.5. The lowest BCUT2D eigenvalue weighted by Crippen LogP contribution is -2.38. The summed E-state index contributed by atoms with van der Waals surface area (Å²) in [6.07, 6.45) is 8.88. The van der Waals surface area contributed by atoms with Gasteiger partial charge in [-0.25, -0.2) is 0 Å².